The molecule has 2 rings (SSSR count). The average molecular weight is 201 g/mol. The average Bonchev–Trinajstić information content (AvgIpc) is 2.20. The molecule has 0 saturated heterocycles. The van der Waals surface area contributed by atoms with E-state index in [1.807, 2.05) is 31.2 Å². The van der Waals surface area contributed by atoms with Gasteiger partial charge in [0.05, 0.1) is 18.1 Å². The van der Waals surface area contributed by atoms with Gasteiger partial charge in [-0.05, 0) is 32.3 Å². The minimum absolute atomic E-state index is 0.272. The van der Waals surface area contributed by atoms with Crippen LogP contribution in [0.5, 0.6) is 5.75 Å². The third-order valence-corrected chi connectivity index (χ3v) is 3.12. The van der Waals surface area contributed by atoms with Gasteiger partial charge >= 0.3 is 0 Å². The number of nitriles is 1. The second-order valence-corrected chi connectivity index (χ2v) is 3.98. The van der Waals surface area contributed by atoms with Crippen LogP contribution >= 0.6 is 0 Å². The fraction of sp³-hybridized carbons (Fsp3) is 0.462. The fourth-order valence-electron chi connectivity index (χ4n) is 2.12. The van der Waals surface area contributed by atoms with Gasteiger partial charge in [0, 0.05) is 5.56 Å². The highest BCUT2D eigenvalue weighted by molar-refractivity contribution is 5.45. The predicted molar refractivity (Wildman–Crippen MR) is 58.8 cm³/mol. The molecule has 0 radical (unpaired) electrons. The lowest BCUT2D eigenvalue weighted by molar-refractivity contribution is 0.290. The van der Waals surface area contributed by atoms with Crippen molar-refractivity contribution >= 4 is 0 Å². The number of benzene rings is 1. The van der Waals surface area contributed by atoms with E-state index in [-0.39, 0.29) is 5.41 Å². The molecule has 2 nitrogen and oxygen atoms in total. The van der Waals surface area contributed by atoms with Crippen molar-refractivity contribution in [1.29, 1.82) is 5.26 Å². The molecule has 1 saturated carbocycles. The summed E-state index contributed by atoms with van der Waals surface area (Å²) in [6, 6.07) is 10.4. The molecule has 0 bridgehead atoms. The van der Waals surface area contributed by atoms with Crippen molar-refractivity contribution in [1.82, 2.24) is 0 Å². The van der Waals surface area contributed by atoms with E-state index in [1.54, 1.807) is 0 Å². The highest BCUT2D eigenvalue weighted by Gasteiger charge is 2.40. The first-order valence-corrected chi connectivity index (χ1v) is 5.46. The monoisotopic (exact) mass is 201 g/mol. The second-order valence-electron chi connectivity index (χ2n) is 3.98. The van der Waals surface area contributed by atoms with Crippen LogP contribution in [-0.2, 0) is 5.41 Å². The van der Waals surface area contributed by atoms with Crippen LogP contribution in [-0.4, -0.2) is 6.61 Å². The summed E-state index contributed by atoms with van der Waals surface area (Å²) in [4.78, 5) is 0. The van der Waals surface area contributed by atoms with Crippen LogP contribution in [0, 0.1) is 11.3 Å². The van der Waals surface area contributed by atoms with Crippen LogP contribution < -0.4 is 4.74 Å². The first-order chi connectivity index (χ1) is 7.32. The summed E-state index contributed by atoms with van der Waals surface area (Å²) in [5.41, 5.74) is 0.798. The number of para-hydroxylation sites is 1. The van der Waals surface area contributed by atoms with Gasteiger partial charge in [0.2, 0.25) is 0 Å². The molecule has 1 aliphatic rings. The molecule has 0 amide bonds. The number of ether oxygens (including phenoxy) is 1. The van der Waals surface area contributed by atoms with E-state index in [9.17, 15) is 5.26 Å². The predicted octanol–water partition coefficient (Wildman–Crippen LogP) is 3.03. The molecule has 0 unspecified atom stereocenters. The highest BCUT2D eigenvalue weighted by atomic mass is 16.5. The Morgan fingerprint density at radius 3 is 2.67 bits per heavy atom. The first-order valence-electron chi connectivity index (χ1n) is 5.46. The molecule has 15 heavy (non-hydrogen) atoms. The van der Waals surface area contributed by atoms with Gasteiger partial charge in [0.15, 0.2) is 0 Å². The van der Waals surface area contributed by atoms with Crippen molar-refractivity contribution in [3.05, 3.63) is 29.8 Å². The highest BCUT2D eigenvalue weighted by Crippen LogP contribution is 2.46. The van der Waals surface area contributed by atoms with E-state index < -0.39 is 0 Å². The lowest BCUT2D eigenvalue weighted by Crippen LogP contribution is -2.32. The van der Waals surface area contributed by atoms with Crippen LogP contribution in [0.3, 0.4) is 0 Å². The maximum absolute atomic E-state index is 9.28. The Labute approximate surface area is 90.5 Å². The molecule has 1 aromatic rings. The van der Waals surface area contributed by atoms with Crippen molar-refractivity contribution in [3.63, 3.8) is 0 Å². The van der Waals surface area contributed by atoms with Gasteiger partial charge in [-0.15, -0.1) is 0 Å². The molecule has 0 atom stereocenters. The first kappa shape index (κ1) is 10.0. The Bertz CT molecular complexity index is 388. The zero-order chi connectivity index (χ0) is 10.7. The van der Waals surface area contributed by atoms with E-state index in [0.29, 0.717) is 6.61 Å². The smallest absolute Gasteiger partial charge is 0.124 e. The third kappa shape index (κ3) is 1.59. The Hall–Kier alpha value is -1.49. The van der Waals surface area contributed by atoms with Crippen molar-refractivity contribution in [2.24, 2.45) is 0 Å². The van der Waals surface area contributed by atoms with E-state index in [1.165, 1.54) is 0 Å². The van der Waals surface area contributed by atoms with Gasteiger partial charge in [-0.25, -0.2) is 0 Å². The largest absolute Gasteiger partial charge is 0.494 e. The van der Waals surface area contributed by atoms with Crippen LogP contribution in [0.2, 0.25) is 0 Å². The zero-order valence-corrected chi connectivity index (χ0v) is 8.99. The minimum atomic E-state index is -0.272. The normalized spacial score (nSPS) is 17.6. The van der Waals surface area contributed by atoms with Crippen LogP contribution in [0.1, 0.15) is 31.7 Å². The Kier molecular flexibility index (Phi) is 2.64. The number of hydrogen-bond donors (Lipinski definition) is 0. The molecule has 1 fully saturated rings. The van der Waals surface area contributed by atoms with Gasteiger partial charge in [-0.2, -0.15) is 5.26 Å². The van der Waals surface area contributed by atoms with E-state index >= 15 is 0 Å². The van der Waals surface area contributed by atoms with Gasteiger partial charge in [0.25, 0.3) is 0 Å². The maximum atomic E-state index is 9.28. The lowest BCUT2D eigenvalue weighted by atomic mass is 9.65. The van der Waals surface area contributed by atoms with Crippen molar-refractivity contribution < 1.29 is 4.74 Å². The number of nitrogens with zero attached hydrogens (tertiary/aromatic N) is 1. The third-order valence-electron chi connectivity index (χ3n) is 3.12. The second kappa shape index (κ2) is 3.94. The van der Waals surface area contributed by atoms with E-state index in [0.717, 1.165) is 30.6 Å². The summed E-state index contributed by atoms with van der Waals surface area (Å²) >= 11 is 0. The maximum Gasteiger partial charge on any atom is 0.124 e. The molecule has 0 spiro atoms. The molecule has 1 aliphatic carbocycles. The van der Waals surface area contributed by atoms with E-state index in [4.69, 9.17) is 4.74 Å². The summed E-state index contributed by atoms with van der Waals surface area (Å²) in [6.07, 6.45) is 3.08. The number of hydrogen-bond acceptors (Lipinski definition) is 2. The summed E-state index contributed by atoms with van der Waals surface area (Å²) in [7, 11) is 0. The Balaban J connectivity index is 2.38. The summed E-state index contributed by atoms with van der Waals surface area (Å²) < 4.78 is 5.57. The molecular weight excluding hydrogens is 186 g/mol. The Morgan fingerprint density at radius 1 is 1.40 bits per heavy atom. The van der Waals surface area contributed by atoms with Gasteiger partial charge < -0.3 is 4.74 Å². The molecule has 0 aliphatic heterocycles. The molecule has 2 heteroatoms. The van der Waals surface area contributed by atoms with E-state index in [2.05, 4.69) is 6.07 Å². The van der Waals surface area contributed by atoms with Crippen LogP contribution in [0.25, 0.3) is 0 Å². The molecule has 0 heterocycles. The summed E-state index contributed by atoms with van der Waals surface area (Å²) in [5, 5.41) is 9.28. The van der Waals surface area contributed by atoms with Gasteiger partial charge in [-0.3, -0.25) is 0 Å². The van der Waals surface area contributed by atoms with Crippen molar-refractivity contribution in [2.45, 2.75) is 31.6 Å². The standard InChI is InChI=1S/C13H15NO/c1-2-15-12-7-4-3-6-11(12)13(10-14)8-5-9-13/h3-4,6-7H,2,5,8-9H2,1H3. The summed E-state index contributed by atoms with van der Waals surface area (Å²) in [6.45, 7) is 2.62. The Morgan fingerprint density at radius 2 is 2.13 bits per heavy atom. The SMILES string of the molecule is CCOc1ccccc1C1(C#N)CCC1. The zero-order valence-electron chi connectivity index (χ0n) is 8.99. The van der Waals surface area contributed by atoms with Crippen LogP contribution in [0.4, 0.5) is 0 Å². The minimum Gasteiger partial charge on any atom is -0.494 e. The quantitative estimate of drug-likeness (QED) is 0.753. The molecule has 0 aromatic heterocycles. The van der Waals surface area contributed by atoms with Crippen molar-refractivity contribution in [3.8, 4) is 11.8 Å². The molecule has 78 valence electrons. The molecule has 1 aromatic carbocycles. The molecule has 0 N–H and O–H groups in total. The van der Waals surface area contributed by atoms with Gasteiger partial charge in [-0.1, -0.05) is 18.2 Å². The fourth-order valence-corrected chi connectivity index (χ4v) is 2.12. The number of rotatable bonds is 3. The van der Waals surface area contributed by atoms with Crippen molar-refractivity contribution in [2.75, 3.05) is 6.61 Å². The van der Waals surface area contributed by atoms with Gasteiger partial charge in [0.1, 0.15) is 5.75 Å². The topological polar surface area (TPSA) is 33.0 Å². The van der Waals surface area contributed by atoms with Crippen LogP contribution in [0.15, 0.2) is 24.3 Å². The lowest BCUT2D eigenvalue weighted by Gasteiger charge is -2.36. The summed E-state index contributed by atoms with van der Waals surface area (Å²) in [5.74, 6) is 0.876. The molecular formula is C13H15NO.